The lowest BCUT2D eigenvalue weighted by atomic mass is 9.79. The first kappa shape index (κ1) is 19.0. The third-order valence-corrected chi connectivity index (χ3v) is 5.10. The van der Waals surface area contributed by atoms with Crippen LogP contribution in [0.5, 0.6) is 0 Å². The normalized spacial score (nSPS) is 26.1. The molecule has 1 fully saturated rings. The molecule has 0 aromatic carbocycles. The van der Waals surface area contributed by atoms with Gasteiger partial charge in [-0.3, -0.25) is 0 Å². The molecule has 21 heavy (non-hydrogen) atoms. The van der Waals surface area contributed by atoms with E-state index in [1.165, 1.54) is 57.8 Å². The molecule has 1 aliphatic carbocycles. The smallest absolute Gasteiger partial charge is 0.0649 e. The number of nitrogens with one attached hydrogen (secondary N) is 1. The molecule has 0 saturated heterocycles. The summed E-state index contributed by atoms with van der Waals surface area (Å²) in [7, 11) is 0. The summed E-state index contributed by atoms with van der Waals surface area (Å²) in [4.78, 5) is 0. The van der Waals surface area contributed by atoms with Crippen molar-refractivity contribution < 1.29 is 5.11 Å². The molecule has 0 aromatic heterocycles. The van der Waals surface area contributed by atoms with Gasteiger partial charge in [0.05, 0.1) is 5.60 Å². The first-order valence-electron chi connectivity index (χ1n) is 9.66. The molecule has 2 nitrogen and oxygen atoms in total. The van der Waals surface area contributed by atoms with Crippen LogP contribution in [0.25, 0.3) is 0 Å². The quantitative estimate of drug-likeness (QED) is 0.486. The Hall–Kier alpha value is -0.0800. The van der Waals surface area contributed by atoms with Crippen LogP contribution in [0.2, 0.25) is 0 Å². The van der Waals surface area contributed by atoms with Gasteiger partial charge in [-0.1, -0.05) is 65.2 Å². The van der Waals surface area contributed by atoms with E-state index in [0.717, 1.165) is 38.6 Å². The number of rotatable bonds is 12. The summed E-state index contributed by atoms with van der Waals surface area (Å²) in [6.07, 6.45) is 17.4. The lowest BCUT2D eigenvalue weighted by Crippen LogP contribution is -2.41. The lowest BCUT2D eigenvalue weighted by Gasteiger charge is -2.36. The topological polar surface area (TPSA) is 32.3 Å². The Kier molecular flexibility index (Phi) is 10.4. The zero-order valence-electron chi connectivity index (χ0n) is 14.6. The first-order chi connectivity index (χ1) is 10.2. The fourth-order valence-electron chi connectivity index (χ4n) is 3.55. The van der Waals surface area contributed by atoms with Crippen LogP contribution < -0.4 is 5.32 Å². The monoisotopic (exact) mass is 297 g/mol. The summed E-state index contributed by atoms with van der Waals surface area (Å²) in [6.45, 7) is 5.61. The largest absolute Gasteiger partial charge is 0.390 e. The van der Waals surface area contributed by atoms with Crippen LogP contribution >= 0.6 is 0 Å². The molecule has 0 bridgehead atoms. The maximum atomic E-state index is 10.7. The maximum absolute atomic E-state index is 10.7. The van der Waals surface area contributed by atoms with E-state index in [-0.39, 0.29) is 5.60 Å². The van der Waals surface area contributed by atoms with Crippen LogP contribution in [0.4, 0.5) is 0 Å². The zero-order valence-corrected chi connectivity index (χ0v) is 14.6. The molecule has 0 heterocycles. The summed E-state index contributed by atoms with van der Waals surface area (Å²) >= 11 is 0. The second-order valence-electron chi connectivity index (χ2n) is 7.18. The minimum Gasteiger partial charge on any atom is -0.390 e. The Morgan fingerprint density at radius 2 is 1.43 bits per heavy atom. The van der Waals surface area contributed by atoms with Crippen LogP contribution in [-0.4, -0.2) is 23.3 Å². The first-order valence-corrected chi connectivity index (χ1v) is 9.66. The van der Waals surface area contributed by atoms with E-state index in [9.17, 15) is 5.11 Å². The average molecular weight is 298 g/mol. The van der Waals surface area contributed by atoms with E-state index in [4.69, 9.17) is 0 Å². The molecule has 0 atom stereocenters. The van der Waals surface area contributed by atoms with Gasteiger partial charge in [0.2, 0.25) is 0 Å². The molecule has 0 amide bonds. The van der Waals surface area contributed by atoms with Crippen molar-refractivity contribution >= 4 is 0 Å². The molecule has 0 unspecified atom stereocenters. The predicted molar refractivity (Wildman–Crippen MR) is 92.7 cm³/mol. The van der Waals surface area contributed by atoms with E-state index in [1.807, 2.05) is 0 Å². The van der Waals surface area contributed by atoms with Gasteiger partial charge in [-0.25, -0.2) is 0 Å². The van der Waals surface area contributed by atoms with Gasteiger partial charge in [0.25, 0.3) is 0 Å². The van der Waals surface area contributed by atoms with Crippen molar-refractivity contribution in [2.75, 3.05) is 6.54 Å². The Bertz CT molecular complexity index is 234. The van der Waals surface area contributed by atoms with Gasteiger partial charge in [0.1, 0.15) is 0 Å². The maximum Gasteiger partial charge on any atom is 0.0649 e. The molecule has 1 saturated carbocycles. The van der Waals surface area contributed by atoms with Crippen molar-refractivity contribution in [2.45, 2.75) is 115 Å². The molecule has 126 valence electrons. The van der Waals surface area contributed by atoms with Gasteiger partial charge in [-0.05, 0) is 45.1 Å². The highest BCUT2D eigenvalue weighted by Gasteiger charge is 2.32. The SMILES string of the molecule is CCCCCCCCCCC1(O)CCC(NCCC)CC1. The van der Waals surface area contributed by atoms with Crippen LogP contribution in [0, 0.1) is 0 Å². The molecule has 0 spiro atoms. The fraction of sp³-hybridized carbons (Fsp3) is 1.00. The van der Waals surface area contributed by atoms with E-state index >= 15 is 0 Å². The summed E-state index contributed by atoms with van der Waals surface area (Å²) in [6, 6.07) is 0.656. The second kappa shape index (κ2) is 11.5. The predicted octanol–water partition coefficient (Wildman–Crippen LogP) is 5.19. The van der Waals surface area contributed by atoms with E-state index in [0.29, 0.717) is 6.04 Å². The van der Waals surface area contributed by atoms with Gasteiger partial charge in [0.15, 0.2) is 0 Å². The Morgan fingerprint density at radius 3 is 2.00 bits per heavy atom. The summed E-state index contributed by atoms with van der Waals surface area (Å²) in [5, 5.41) is 14.3. The number of hydrogen-bond donors (Lipinski definition) is 2. The minimum atomic E-state index is -0.341. The molecule has 1 aliphatic rings. The van der Waals surface area contributed by atoms with E-state index in [2.05, 4.69) is 19.2 Å². The van der Waals surface area contributed by atoms with Crippen LogP contribution in [-0.2, 0) is 0 Å². The highest BCUT2D eigenvalue weighted by atomic mass is 16.3. The van der Waals surface area contributed by atoms with Crippen molar-refractivity contribution in [1.29, 1.82) is 0 Å². The highest BCUT2D eigenvalue weighted by Crippen LogP contribution is 2.32. The molecular formula is C19H39NO. The van der Waals surface area contributed by atoms with Gasteiger partial charge in [-0.15, -0.1) is 0 Å². The molecular weight excluding hydrogens is 258 g/mol. The second-order valence-corrected chi connectivity index (χ2v) is 7.18. The third-order valence-electron chi connectivity index (χ3n) is 5.10. The van der Waals surface area contributed by atoms with Crippen molar-refractivity contribution in [1.82, 2.24) is 5.32 Å². The van der Waals surface area contributed by atoms with E-state index < -0.39 is 0 Å². The van der Waals surface area contributed by atoms with Crippen LogP contribution in [0.3, 0.4) is 0 Å². The summed E-state index contributed by atoms with van der Waals surface area (Å²) in [5.74, 6) is 0. The molecule has 0 aromatic rings. The minimum absolute atomic E-state index is 0.341. The highest BCUT2D eigenvalue weighted by molar-refractivity contribution is 4.87. The molecule has 2 N–H and O–H groups in total. The Morgan fingerprint density at radius 1 is 0.857 bits per heavy atom. The zero-order chi connectivity index (χ0) is 15.4. The molecule has 2 heteroatoms. The number of unbranched alkanes of at least 4 members (excludes halogenated alkanes) is 7. The van der Waals surface area contributed by atoms with Crippen molar-refractivity contribution in [3.05, 3.63) is 0 Å². The van der Waals surface area contributed by atoms with Crippen molar-refractivity contribution in [2.24, 2.45) is 0 Å². The Balaban J connectivity index is 1.99. The molecule has 1 rings (SSSR count). The van der Waals surface area contributed by atoms with Crippen LogP contribution in [0.1, 0.15) is 104 Å². The van der Waals surface area contributed by atoms with Crippen molar-refractivity contribution in [3.8, 4) is 0 Å². The van der Waals surface area contributed by atoms with Gasteiger partial charge < -0.3 is 10.4 Å². The van der Waals surface area contributed by atoms with Gasteiger partial charge in [-0.2, -0.15) is 0 Å². The fourth-order valence-corrected chi connectivity index (χ4v) is 3.55. The molecule has 0 aliphatic heterocycles. The number of aliphatic hydroxyl groups is 1. The van der Waals surface area contributed by atoms with Gasteiger partial charge >= 0.3 is 0 Å². The standard InChI is InChI=1S/C19H39NO/c1-3-5-6-7-8-9-10-11-14-19(21)15-12-18(13-16-19)20-17-4-2/h18,20-21H,3-17H2,1-2H3. The molecule has 0 radical (unpaired) electrons. The average Bonchev–Trinajstić information content (AvgIpc) is 2.49. The number of hydrogen-bond acceptors (Lipinski definition) is 2. The summed E-state index contributed by atoms with van der Waals surface area (Å²) < 4.78 is 0. The Labute approximate surface area is 133 Å². The lowest BCUT2D eigenvalue weighted by molar-refractivity contribution is -0.0129. The van der Waals surface area contributed by atoms with Crippen LogP contribution in [0.15, 0.2) is 0 Å². The van der Waals surface area contributed by atoms with Crippen molar-refractivity contribution in [3.63, 3.8) is 0 Å². The third kappa shape index (κ3) is 8.83. The summed E-state index contributed by atoms with van der Waals surface area (Å²) in [5.41, 5.74) is -0.341. The van der Waals surface area contributed by atoms with Gasteiger partial charge in [0, 0.05) is 6.04 Å². The van der Waals surface area contributed by atoms with E-state index in [1.54, 1.807) is 0 Å².